The van der Waals surface area contributed by atoms with Gasteiger partial charge in [0.25, 0.3) is 5.91 Å². The average molecular weight is 309 g/mol. The van der Waals surface area contributed by atoms with Gasteiger partial charge < -0.3 is 10.1 Å². The van der Waals surface area contributed by atoms with E-state index in [1.165, 1.54) is 18.2 Å². The Labute approximate surface area is 133 Å². The normalized spacial score (nSPS) is 10.5. The third-order valence-corrected chi connectivity index (χ3v) is 3.48. The van der Waals surface area contributed by atoms with Gasteiger partial charge in [0, 0.05) is 10.9 Å². The molecular formula is C19H16FNO2. The van der Waals surface area contributed by atoms with Crippen molar-refractivity contribution < 1.29 is 13.9 Å². The number of rotatable bonds is 5. The Kier molecular flexibility index (Phi) is 4.52. The number of benzene rings is 3. The molecule has 3 rings (SSSR count). The Hall–Kier alpha value is -2.88. The second-order valence-electron chi connectivity index (χ2n) is 5.09. The van der Waals surface area contributed by atoms with Gasteiger partial charge in [0.2, 0.25) is 0 Å². The molecule has 0 heterocycles. The van der Waals surface area contributed by atoms with Gasteiger partial charge in [0.05, 0.1) is 6.54 Å². The highest BCUT2D eigenvalue weighted by molar-refractivity contribution is 5.94. The van der Waals surface area contributed by atoms with E-state index >= 15 is 0 Å². The monoisotopic (exact) mass is 309 g/mol. The molecule has 0 aliphatic carbocycles. The van der Waals surface area contributed by atoms with Crippen molar-refractivity contribution in [1.82, 2.24) is 5.32 Å². The first-order chi connectivity index (χ1) is 11.2. The minimum atomic E-state index is -0.426. The summed E-state index contributed by atoms with van der Waals surface area (Å²) in [5, 5.41) is 4.85. The van der Waals surface area contributed by atoms with E-state index < -0.39 is 5.82 Å². The van der Waals surface area contributed by atoms with E-state index in [1.54, 1.807) is 6.07 Å². The van der Waals surface area contributed by atoms with Gasteiger partial charge >= 0.3 is 0 Å². The zero-order chi connectivity index (χ0) is 16.1. The van der Waals surface area contributed by atoms with E-state index in [2.05, 4.69) is 5.32 Å². The first-order valence-electron chi connectivity index (χ1n) is 7.38. The van der Waals surface area contributed by atoms with Gasteiger partial charge in [0.15, 0.2) is 0 Å². The topological polar surface area (TPSA) is 38.3 Å². The molecule has 3 aromatic rings. The number of fused-ring (bicyclic) bond motifs is 1. The Morgan fingerprint density at radius 3 is 2.65 bits per heavy atom. The fraction of sp³-hybridized carbons (Fsp3) is 0.105. The van der Waals surface area contributed by atoms with Crippen LogP contribution in [0.5, 0.6) is 5.75 Å². The Balaban J connectivity index is 1.56. The predicted molar refractivity (Wildman–Crippen MR) is 88.2 cm³/mol. The van der Waals surface area contributed by atoms with Crippen LogP contribution in [0.1, 0.15) is 10.4 Å². The van der Waals surface area contributed by atoms with E-state index in [0.717, 1.165) is 16.5 Å². The molecule has 0 bridgehead atoms. The molecule has 0 unspecified atom stereocenters. The number of ether oxygens (including phenoxy) is 1. The summed E-state index contributed by atoms with van der Waals surface area (Å²) in [5.74, 6) is 0.0405. The van der Waals surface area contributed by atoms with Crippen LogP contribution in [-0.4, -0.2) is 19.1 Å². The quantitative estimate of drug-likeness (QED) is 0.728. The van der Waals surface area contributed by atoms with Crippen LogP contribution in [0.15, 0.2) is 66.7 Å². The number of carbonyl (C=O) groups is 1. The van der Waals surface area contributed by atoms with E-state index in [0.29, 0.717) is 18.7 Å². The van der Waals surface area contributed by atoms with Crippen LogP contribution in [0.25, 0.3) is 10.8 Å². The van der Waals surface area contributed by atoms with Crippen LogP contribution in [0, 0.1) is 5.82 Å². The average Bonchev–Trinajstić information content (AvgIpc) is 2.58. The van der Waals surface area contributed by atoms with Crippen LogP contribution >= 0.6 is 0 Å². The molecule has 3 aromatic carbocycles. The largest absolute Gasteiger partial charge is 0.491 e. The lowest BCUT2D eigenvalue weighted by Gasteiger charge is -2.10. The summed E-state index contributed by atoms with van der Waals surface area (Å²) in [6, 6.07) is 19.4. The zero-order valence-corrected chi connectivity index (χ0v) is 12.5. The maximum Gasteiger partial charge on any atom is 0.251 e. The maximum atomic E-state index is 13.1. The Morgan fingerprint density at radius 1 is 1.00 bits per heavy atom. The second kappa shape index (κ2) is 6.92. The maximum absolute atomic E-state index is 13.1. The summed E-state index contributed by atoms with van der Waals surface area (Å²) in [6.45, 7) is 0.688. The van der Waals surface area contributed by atoms with Gasteiger partial charge in [-0.05, 0) is 29.7 Å². The lowest BCUT2D eigenvalue weighted by molar-refractivity contribution is 0.0946. The van der Waals surface area contributed by atoms with Crippen LogP contribution in [-0.2, 0) is 0 Å². The third kappa shape index (κ3) is 3.66. The minimum absolute atomic E-state index is 0.301. The fourth-order valence-corrected chi connectivity index (χ4v) is 2.38. The number of halogens is 1. The van der Waals surface area contributed by atoms with Gasteiger partial charge in [-0.1, -0.05) is 42.5 Å². The third-order valence-electron chi connectivity index (χ3n) is 3.48. The van der Waals surface area contributed by atoms with E-state index in [1.807, 2.05) is 42.5 Å². The summed E-state index contributed by atoms with van der Waals surface area (Å²) in [4.78, 5) is 11.9. The molecule has 0 spiro atoms. The first kappa shape index (κ1) is 15.0. The van der Waals surface area contributed by atoms with Crippen molar-refractivity contribution in [3.63, 3.8) is 0 Å². The Bertz CT molecular complexity index is 827. The van der Waals surface area contributed by atoms with Gasteiger partial charge in [-0.25, -0.2) is 4.39 Å². The fourth-order valence-electron chi connectivity index (χ4n) is 2.38. The number of amides is 1. The van der Waals surface area contributed by atoms with Crippen molar-refractivity contribution in [2.75, 3.05) is 13.2 Å². The van der Waals surface area contributed by atoms with Gasteiger partial charge in [-0.3, -0.25) is 4.79 Å². The molecular weight excluding hydrogens is 293 g/mol. The van der Waals surface area contributed by atoms with Crippen LogP contribution in [0.4, 0.5) is 4.39 Å². The standard InChI is InChI=1S/C19H16FNO2/c20-16-8-3-7-15(13-16)19(22)21-11-12-23-18-10-4-6-14-5-1-2-9-17(14)18/h1-10,13H,11-12H2,(H,21,22). The summed E-state index contributed by atoms with van der Waals surface area (Å²) in [7, 11) is 0. The molecule has 0 saturated carbocycles. The lowest BCUT2D eigenvalue weighted by atomic mass is 10.1. The first-order valence-corrected chi connectivity index (χ1v) is 7.38. The molecule has 3 nitrogen and oxygen atoms in total. The molecule has 0 atom stereocenters. The smallest absolute Gasteiger partial charge is 0.251 e. The number of nitrogens with one attached hydrogen (secondary N) is 1. The molecule has 1 N–H and O–H groups in total. The molecule has 0 aliphatic rings. The number of hydrogen-bond acceptors (Lipinski definition) is 2. The molecule has 0 fully saturated rings. The van der Waals surface area contributed by atoms with E-state index in [4.69, 9.17) is 4.74 Å². The molecule has 0 aliphatic heterocycles. The van der Waals surface area contributed by atoms with Crippen molar-refractivity contribution in [1.29, 1.82) is 0 Å². The zero-order valence-electron chi connectivity index (χ0n) is 12.5. The highest BCUT2D eigenvalue weighted by atomic mass is 19.1. The predicted octanol–water partition coefficient (Wildman–Crippen LogP) is 3.79. The van der Waals surface area contributed by atoms with Crippen LogP contribution in [0.2, 0.25) is 0 Å². The van der Waals surface area contributed by atoms with E-state index in [-0.39, 0.29) is 5.91 Å². The molecule has 23 heavy (non-hydrogen) atoms. The lowest BCUT2D eigenvalue weighted by Crippen LogP contribution is -2.28. The molecule has 0 radical (unpaired) electrons. The summed E-state index contributed by atoms with van der Waals surface area (Å²) in [6.07, 6.45) is 0. The summed E-state index contributed by atoms with van der Waals surface area (Å²) >= 11 is 0. The highest BCUT2D eigenvalue weighted by Crippen LogP contribution is 2.24. The van der Waals surface area contributed by atoms with Crippen molar-refractivity contribution in [3.05, 3.63) is 78.1 Å². The number of hydrogen-bond donors (Lipinski definition) is 1. The van der Waals surface area contributed by atoms with Crippen molar-refractivity contribution in [2.24, 2.45) is 0 Å². The molecule has 4 heteroatoms. The summed E-state index contributed by atoms with van der Waals surface area (Å²) < 4.78 is 18.8. The number of carbonyl (C=O) groups excluding carboxylic acids is 1. The van der Waals surface area contributed by atoms with Crippen molar-refractivity contribution in [3.8, 4) is 5.75 Å². The second-order valence-corrected chi connectivity index (χ2v) is 5.09. The van der Waals surface area contributed by atoms with Gasteiger partial charge in [-0.2, -0.15) is 0 Å². The van der Waals surface area contributed by atoms with Crippen molar-refractivity contribution in [2.45, 2.75) is 0 Å². The minimum Gasteiger partial charge on any atom is -0.491 e. The van der Waals surface area contributed by atoms with Crippen molar-refractivity contribution >= 4 is 16.7 Å². The molecule has 116 valence electrons. The summed E-state index contributed by atoms with van der Waals surface area (Å²) in [5.41, 5.74) is 0.301. The van der Waals surface area contributed by atoms with E-state index in [9.17, 15) is 9.18 Å². The highest BCUT2D eigenvalue weighted by Gasteiger charge is 2.06. The van der Waals surface area contributed by atoms with Gasteiger partial charge in [-0.15, -0.1) is 0 Å². The molecule has 0 saturated heterocycles. The molecule has 1 amide bonds. The van der Waals surface area contributed by atoms with Crippen LogP contribution < -0.4 is 10.1 Å². The molecule has 0 aromatic heterocycles. The Morgan fingerprint density at radius 2 is 1.78 bits per heavy atom. The van der Waals surface area contributed by atoms with Crippen LogP contribution in [0.3, 0.4) is 0 Å². The van der Waals surface area contributed by atoms with Gasteiger partial charge in [0.1, 0.15) is 18.2 Å². The SMILES string of the molecule is O=C(NCCOc1cccc2ccccc12)c1cccc(F)c1.